The summed E-state index contributed by atoms with van der Waals surface area (Å²) in [6.07, 6.45) is 1.54. The first-order valence-electron chi connectivity index (χ1n) is 9.74. The van der Waals surface area contributed by atoms with Gasteiger partial charge in [0.05, 0.1) is 44.0 Å². The fourth-order valence-electron chi connectivity index (χ4n) is 4.15. The minimum atomic E-state index is -0.724. The number of ether oxygens (including phenoxy) is 2. The standard InChI is InChI=1S/C24H19NO6/c1-28-18-11-5-9-16(22(18)29-2)20-19-21(26)15-8-3-4-10-17(15)31-23(19)24(27)25(20)13-14-7-6-12-30-14/h3-12,20H,13H2,1-2H3. The molecule has 31 heavy (non-hydrogen) atoms. The number of nitrogens with zero attached hydrogens (tertiary/aromatic N) is 1. The zero-order valence-electron chi connectivity index (χ0n) is 17.0. The average molecular weight is 417 g/mol. The summed E-state index contributed by atoms with van der Waals surface area (Å²) >= 11 is 0. The predicted octanol–water partition coefficient (Wildman–Crippen LogP) is 4.15. The third-order valence-electron chi connectivity index (χ3n) is 5.51. The maximum absolute atomic E-state index is 13.5. The molecular weight excluding hydrogens is 398 g/mol. The number of benzene rings is 2. The van der Waals surface area contributed by atoms with Crippen molar-refractivity contribution >= 4 is 16.9 Å². The molecule has 1 amide bonds. The van der Waals surface area contributed by atoms with Gasteiger partial charge in [-0.2, -0.15) is 0 Å². The Kier molecular flexibility index (Phi) is 4.51. The lowest BCUT2D eigenvalue weighted by molar-refractivity contribution is 0.0699. The van der Waals surface area contributed by atoms with Crippen molar-refractivity contribution in [1.82, 2.24) is 4.90 Å². The van der Waals surface area contributed by atoms with Gasteiger partial charge in [0.15, 0.2) is 16.9 Å². The van der Waals surface area contributed by atoms with Crippen LogP contribution in [0.3, 0.4) is 0 Å². The molecule has 1 atom stereocenters. The molecule has 2 aromatic carbocycles. The van der Waals surface area contributed by atoms with Crippen LogP contribution in [0.2, 0.25) is 0 Å². The van der Waals surface area contributed by atoms with Crippen molar-refractivity contribution in [3.05, 3.63) is 93.7 Å². The lowest BCUT2D eigenvalue weighted by Gasteiger charge is -2.26. The van der Waals surface area contributed by atoms with Crippen molar-refractivity contribution < 1.29 is 23.1 Å². The van der Waals surface area contributed by atoms with Gasteiger partial charge in [0.2, 0.25) is 5.76 Å². The summed E-state index contributed by atoms with van der Waals surface area (Å²) in [6, 6.07) is 15.1. The first-order valence-corrected chi connectivity index (χ1v) is 9.74. The molecule has 3 heterocycles. The highest BCUT2D eigenvalue weighted by Gasteiger charge is 2.44. The first kappa shape index (κ1) is 19.0. The molecule has 0 fully saturated rings. The maximum Gasteiger partial charge on any atom is 0.291 e. The topological polar surface area (TPSA) is 82.1 Å². The van der Waals surface area contributed by atoms with Gasteiger partial charge in [-0.05, 0) is 30.3 Å². The van der Waals surface area contributed by atoms with Gasteiger partial charge in [-0.15, -0.1) is 0 Å². The zero-order chi connectivity index (χ0) is 21.5. The zero-order valence-corrected chi connectivity index (χ0v) is 17.0. The van der Waals surface area contributed by atoms with Gasteiger partial charge < -0.3 is 23.2 Å². The average Bonchev–Trinajstić information content (AvgIpc) is 3.41. The largest absolute Gasteiger partial charge is 0.493 e. The third-order valence-corrected chi connectivity index (χ3v) is 5.51. The molecule has 156 valence electrons. The van der Waals surface area contributed by atoms with Crippen molar-refractivity contribution in [3.63, 3.8) is 0 Å². The number of rotatable bonds is 5. The van der Waals surface area contributed by atoms with E-state index < -0.39 is 6.04 Å². The summed E-state index contributed by atoms with van der Waals surface area (Å²) in [5.74, 6) is 1.19. The van der Waals surface area contributed by atoms with Gasteiger partial charge in [-0.25, -0.2) is 0 Å². The van der Waals surface area contributed by atoms with Crippen molar-refractivity contribution in [2.45, 2.75) is 12.6 Å². The van der Waals surface area contributed by atoms with E-state index in [1.165, 1.54) is 14.2 Å². The van der Waals surface area contributed by atoms with E-state index in [9.17, 15) is 9.59 Å². The lowest BCUT2D eigenvalue weighted by Crippen LogP contribution is -2.29. The van der Waals surface area contributed by atoms with Crippen LogP contribution in [0, 0.1) is 0 Å². The fourth-order valence-corrected chi connectivity index (χ4v) is 4.15. The summed E-state index contributed by atoms with van der Waals surface area (Å²) in [7, 11) is 3.07. The molecule has 7 heteroatoms. The van der Waals surface area contributed by atoms with E-state index in [0.717, 1.165) is 0 Å². The monoisotopic (exact) mass is 417 g/mol. The Morgan fingerprint density at radius 2 is 1.81 bits per heavy atom. The molecule has 0 aliphatic carbocycles. The van der Waals surface area contributed by atoms with Crippen molar-refractivity contribution in [1.29, 1.82) is 0 Å². The number of fused-ring (bicyclic) bond motifs is 2. The van der Waals surface area contributed by atoms with Crippen molar-refractivity contribution in [2.75, 3.05) is 14.2 Å². The van der Waals surface area contributed by atoms with Gasteiger partial charge in [-0.1, -0.05) is 24.3 Å². The predicted molar refractivity (Wildman–Crippen MR) is 112 cm³/mol. The van der Waals surface area contributed by atoms with Crippen molar-refractivity contribution in [2.24, 2.45) is 0 Å². The highest BCUT2D eigenvalue weighted by atomic mass is 16.5. The highest BCUT2D eigenvalue weighted by molar-refractivity contribution is 5.99. The van der Waals surface area contributed by atoms with Crippen LogP contribution in [0.4, 0.5) is 0 Å². The molecule has 1 aliphatic heterocycles. The van der Waals surface area contributed by atoms with Crippen LogP contribution in [0.5, 0.6) is 11.5 Å². The first-order chi connectivity index (χ1) is 15.1. The Labute approximate surface area is 177 Å². The molecule has 0 N–H and O–H groups in total. The molecule has 7 nitrogen and oxygen atoms in total. The second kappa shape index (κ2) is 7.36. The maximum atomic E-state index is 13.5. The lowest BCUT2D eigenvalue weighted by atomic mass is 9.97. The van der Waals surface area contributed by atoms with Crippen LogP contribution >= 0.6 is 0 Å². The van der Waals surface area contributed by atoms with E-state index in [2.05, 4.69) is 0 Å². The Morgan fingerprint density at radius 3 is 2.55 bits per heavy atom. The molecule has 0 bridgehead atoms. The van der Waals surface area contributed by atoms with E-state index in [1.54, 1.807) is 59.7 Å². The summed E-state index contributed by atoms with van der Waals surface area (Å²) in [6.45, 7) is 0.164. The van der Waals surface area contributed by atoms with Gasteiger partial charge in [0.1, 0.15) is 11.3 Å². The van der Waals surface area contributed by atoms with E-state index in [0.29, 0.717) is 33.8 Å². The number of carbonyl (C=O) groups excluding carboxylic acids is 1. The van der Waals surface area contributed by atoms with Crippen LogP contribution in [0.25, 0.3) is 11.0 Å². The smallest absolute Gasteiger partial charge is 0.291 e. The van der Waals surface area contributed by atoms with E-state index in [4.69, 9.17) is 18.3 Å². The molecule has 0 saturated heterocycles. The van der Waals surface area contributed by atoms with Crippen molar-refractivity contribution in [3.8, 4) is 11.5 Å². The summed E-state index contributed by atoms with van der Waals surface area (Å²) in [4.78, 5) is 28.5. The number of para-hydroxylation sites is 2. The van der Waals surface area contributed by atoms with Crippen LogP contribution < -0.4 is 14.9 Å². The summed E-state index contributed by atoms with van der Waals surface area (Å²) < 4.78 is 22.5. The second-order valence-corrected chi connectivity index (χ2v) is 7.17. The van der Waals surface area contributed by atoms with Gasteiger partial charge in [0, 0.05) is 5.56 Å². The number of amides is 1. The number of methoxy groups -OCH3 is 2. The van der Waals surface area contributed by atoms with Crippen LogP contribution in [-0.4, -0.2) is 25.0 Å². The summed E-state index contributed by atoms with van der Waals surface area (Å²) in [5, 5.41) is 0.417. The Balaban J connectivity index is 1.79. The highest BCUT2D eigenvalue weighted by Crippen LogP contribution is 2.45. The van der Waals surface area contributed by atoms with Crippen LogP contribution in [0.1, 0.15) is 33.5 Å². The molecule has 1 aliphatic rings. The fraction of sp³-hybridized carbons (Fsp3) is 0.167. The third kappa shape index (κ3) is 2.89. The molecule has 0 saturated carbocycles. The SMILES string of the molecule is COc1cccc(C2c3c(oc4ccccc4c3=O)C(=O)N2Cc2ccco2)c1OC. The minimum absolute atomic E-state index is 0.0325. The van der Waals surface area contributed by atoms with Crippen LogP contribution in [-0.2, 0) is 6.54 Å². The Morgan fingerprint density at radius 1 is 0.968 bits per heavy atom. The molecule has 4 aromatic rings. The van der Waals surface area contributed by atoms with Gasteiger partial charge >= 0.3 is 0 Å². The van der Waals surface area contributed by atoms with E-state index in [1.807, 2.05) is 6.07 Å². The Bertz CT molecular complexity index is 1340. The van der Waals surface area contributed by atoms with Gasteiger partial charge in [-0.3, -0.25) is 9.59 Å². The van der Waals surface area contributed by atoms with E-state index >= 15 is 0 Å². The molecular formula is C24H19NO6. The number of furan rings is 1. The number of hydrogen-bond acceptors (Lipinski definition) is 6. The van der Waals surface area contributed by atoms with E-state index in [-0.39, 0.29) is 29.2 Å². The molecule has 5 rings (SSSR count). The number of hydrogen-bond donors (Lipinski definition) is 0. The number of carbonyl (C=O) groups is 1. The molecule has 2 aromatic heterocycles. The van der Waals surface area contributed by atoms with Crippen LogP contribution in [0.15, 0.2) is 74.5 Å². The Hall–Kier alpha value is -4.00. The normalized spacial score (nSPS) is 15.4. The molecule has 1 unspecified atom stereocenters. The second-order valence-electron chi connectivity index (χ2n) is 7.17. The quantitative estimate of drug-likeness (QED) is 0.485. The molecule has 0 radical (unpaired) electrons. The molecule has 0 spiro atoms. The van der Waals surface area contributed by atoms with Gasteiger partial charge in [0.25, 0.3) is 5.91 Å². The summed E-state index contributed by atoms with van der Waals surface area (Å²) in [5.41, 5.74) is 1.03. The minimum Gasteiger partial charge on any atom is -0.493 e.